The van der Waals surface area contributed by atoms with Crippen molar-refractivity contribution >= 4 is 69.7 Å². The molecule has 1 amide bonds. The second-order valence-electron chi connectivity index (χ2n) is 11.8. The number of hydrogen-bond donors (Lipinski definition) is 1. The highest BCUT2D eigenvalue weighted by Crippen LogP contribution is 2.41. The Labute approximate surface area is 230 Å². The van der Waals surface area contributed by atoms with Gasteiger partial charge >= 0.3 is 6.09 Å². The lowest BCUT2D eigenvalue weighted by Crippen LogP contribution is -2.51. The minimum Gasteiger partial charge on any atom is -0.444 e. The summed E-state index contributed by atoms with van der Waals surface area (Å²) in [5, 5.41) is 7.78. The van der Waals surface area contributed by atoms with Gasteiger partial charge in [-0.25, -0.2) is 19.4 Å². The van der Waals surface area contributed by atoms with Crippen LogP contribution in [-0.2, 0) is 16.2 Å². The van der Waals surface area contributed by atoms with E-state index in [1.807, 2.05) is 25.5 Å². The Morgan fingerprint density at radius 1 is 1.20 bits per heavy atom. The van der Waals surface area contributed by atoms with Crippen LogP contribution in [0.2, 0.25) is 25.7 Å². The van der Waals surface area contributed by atoms with Crippen LogP contribution in [0.1, 0.15) is 46.5 Å². The number of fused-ring (bicyclic) bond motifs is 3. The molecule has 2 saturated heterocycles. The highest BCUT2D eigenvalue weighted by Gasteiger charge is 2.43. The first-order valence-corrected chi connectivity index (χ1v) is 17.8. The molecule has 0 spiro atoms. The first-order valence-electron chi connectivity index (χ1n) is 12.3. The smallest absolute Gasteiger partial charge is 0.407 e. The molecule has 1 N–H and O–H groups in total. The summed E-state index contributed by atoms with van der Waals surface area (Å²) in [4.78, 5) is 24.4. The van der Waals surface area contributed by atoms with Crippen LogP contribution in [0.3, 0.4) is 0 Å². The third-order valence-corrected chi connectivity index (χ3v) is 9.67. The minimum absolute atomic E-state index is 0.0996. The zero-order valence-corrected chi connectivity index (χ0v) is 26.1. The zero-order valence-electron chi connectivity index (χ0n) is 21.4. The number of nitrogens with one attached hydrogen (secondary N) is 1. The van der Waals surface area contributed by atoms with Gasteiger partial charge in [0.05, 0.1) is 0 Å². The quantitative estimate of drug-likeness (QED) is 0.234. The van der Waals surface area contributed by atoms with E-state index in [1.54, 1.807) is 0 Å². The highest BCUT2D eigenvalue weighted by atomic mass is 127. The summed E-state index contributed by atoms with van der Waals surface area (Å²) >= 11 is 5.95. The van der Waals surface area contributed by atoms with Gasteiger partial charge in [0.2, 0.25) is 5.65 Å². The number of aromatic nitrogens is 4. The molecular formula is C23H36BrIN6O3Si. The van der Waals surface area contributed by atoms with E-state index < -0.39 is 13.7 Å². The van der Waals surface area contributed by atoms with Crippen LogP contribution in [0.25, 0.3) is 11.2 Å². The van der Waals surface area contributed by atoms with E-state index in [-0.39, 0.29) is 12.1 Å². The Bertz CT molecular complexity index is 1070. The van der Waals surface area contributed by atoms with Gasteiger partial charge in [0, 0.05) is 32.8 Å². The number of amides is 1. The lowest BCUT2D eigenvalue weighted by molar-refractivity contribution is 0.0492. The normalized spacial score (nSPS) is 22.6. The second kappa shape index (κ2) is 10.4. The third-order valence-electron chi connectivity index (χ3n) is 6.36. The van der Waals surface area contributed by atoms with E-state index in [1.165, 1.54) is 0 Å². The van der Waals surface area contributed by atoms with Crippen LogP contribution in [0.15, 0.2) is 4.60 Å². The summed E-state index contributed by atoms with van der Waals surface area (Å²) in [5.41, 5.74) is 0.915. The topological polar surface area (TPSA) is 94.4 Å². The number of rotatable bonds is 7. The van der Waals surface area contributed by atoms with E-state index in [4.69, 9.17) is 24.5 Å². The van der Waals surface area contributed by atoms with E-state index in [0.717, 1.165) is 58.0 Å². The maximum Gasteiger partial charge on any atom is 0.407 e. The van der Waals surface area contributed by atoms with Crippen molar-refractivity contribution in [1.29, 1.82) is 0 Å². The van der Waals surface area contributed by atoms with Crippen LogP contribution < -0.4 is 10.2 Å². The van der Waals surface area contributed by atoms with Gasteiger partial charge in [-0.15, -0.1) is 5.10 Å². The Kier molecular flexibility index (Phi) is 8.04. The molecule has 9 nitrogen and oxygen atoms in total. The zero-order chi connectivity index (χ0) is 25.5. The van der Waals surface area contributed by atoms with Crippen molar-refractivity contribution in [3.05, 3.63) is 8.30 Å². The fourth-order valence-electron chi connectivity index (χ4n) is 4.78. The molecule has 12 heteroatoms. The third kappa shape index (κ3) is 6.66. The van der Waals surface area contributed by atoms with Gasteiger partial charge in [-0.05, 0) is 91.0 Å². The molecule has 3 atom stereocenters. The minimum atomic E-state index is -1.13. The van der Waals surface area contributed by atoms with Gasteiger partial charge in [-0.1, -0.05) is 19.6 Å². The number of ether oxygens (including phenoxy) is 2. The number of anilines is 1. The van der Waals surface area contributed by atoms with E-state index in [2.05, 4.69) is 68.4 Å². The molecule has 0 unspecified atom stereocenters. The second-order valence-corrected chi connectivity index (χ2v) is 19.1. The molecule has 2 aromatic rings. The molecule has 4 heterocycles. The summed E-state index contributed by atoms with van der Waals surface area (Å²) < 4.78 is 14.9. The molecular weight excluding hydrogens is 643 g/mol. The Hall–Kier alpha value is -0.993. The summed E-state index contributed by atoms with van der Waals surface area (Å²) in [7, 11) is -1.13. The molecule has 0 saturated carbocycles. The van der Waals surface area contributed by atoms with Gasteiger partial charge in [-0.3, -0.25) is 0 Å². The van der Waals surface area contributed by atoms with Crippen LogP contribution in [-0.4, -0.2) is 64.2 Å². The Morgan fingerprint density at radius 3 is 2.46 bits per heavy atom. The monoisotopic (exact) mass is 678 g/mol. The number of halogens is 2. The van der Waals surface area contributed by atoms with Crippen molar-refractivity contribution < 1.29 is 14.3 Å². The van der Waals surface area contributed by atoms with Gasteiger partial charge in [0.25, 0.3) is 0 Å². The molecule has 0 radical (unpaired) electrons. The summed E-state index contributed by atoms with van der Waals surface area (Å²) in [6.07, 6.45) is 3.52. The molecule has 0 aromatic carbocycles. The van der Waals surface area contributed by atoms with Gasteiger partial charge in [0.15, 0.2) is 5.82 Å². The summed E-state index contributed by atoms with van der Waals surface area (Å²) in [5.74, 6) is 0.835. The van der Waals surface area contributed by atoms with Gasteiger partial charge in [0.1, 0.15) is 26.2 Å². The van der Waals surface area contributed by atoms with Crippen LogP contribution >= 0.6 is 38.5 Å². The molecule has 2 aromatic heterocycles. The highest BCUT2D eigenvalue weighted by molar-refractivity contribution is 14.1. The van der Waals surface area contributed by atoms with E-state index >= 15 is 0 Å². The molecule has 0 aliphatic carbocycles. The van der Waals surface area contributed by atoms with E-state index in [0.29, 0.717) is 24.5 Å². The van der Waals surface area contributed by atoms with Crippen molar-refractivity contribution in [2.24, 2.45) is 0 Å². The van der Waals surface area contributed by atoms with Gasteiger partial charge in [-0.2, -0.15) is 0 Å². The van der Waals surface area contributed by atoms with Crippen LogP contribution in [0.4, 0.5) is 10.6 Å². The van der Waals surface area contributed by atoms with Crippen molar-refractivity contribution in [1.82, 2.24) is 25.1 Å². The number of carbonyl (C=O) groups is 1. The van der Waals surface area contributed by atoms with E-state index in [9.17, 15) is 4.79 Å². The molecule has 2 bridgehead atoms. The molecule has 194 valence electrons. The largest absolute Gasteiger partial charge is 0.444 e. The number of alkyl carbamates (subject to hydrolysis) is 1. The molecule has 4 rings (SSSR count). The Morgan fingerprint density at radius 2 is 1.86 bits per heavy atom. The van der Waals surface area contributed by atoms with Crippen molar-refractivity contribution in [3.63, 3.8) is 0 Å². The number of piperidine rings is 1. The predicted octanol–water partition coefficient (Wildman–Crippen LogP) is 5.53. The molecule has 2 aliphatic heterocycles. The number of carbonyl (C=O) groups excluding carboxylic acids is 1. The average Bonchev–Trinajstić information content (AvgIpc) is 3.15. The standard InChI is InChI=1S/C23H36BrIN6O3Si/c1-23(2,3)34-22(32)26-14-11-15-7-8-16(12-14)31(15)21-18(24)27-17-19(25)30(29-20(17)28-21)13-33-9-10-35(4,5)6/h14-16H,7-13H2,1-6H3,(H,26,32)/t14-,15-,16+. The SMILES string of the molecule is CC(C)(C)OC(=O)N[C@@H]1C[C@H]2CC[C@@H](C1)N2c1nc2nn(COCC[Si](C)(C)C)c(I)c2nc1Br. The molecule has 35 heavy (non-hydrogen) atoms. The summed E-state index contributed by atoms with van der Waals surface area (Å²) in [6, 6.07) is 1.81. The number of hydrogen-bond acceptors (Lipinski definition) is 7. The van der Waals surface area contributed by atoms with Crippen LogP contribution in [0.5, 0.6) is 0 Å². The lowest BCUT2D eigenvalue weighted by Gasteiger charge is -2.40. The Balaban J connectivity index is 1.46. The maximum atomic E-state index is 12.3. The fourth-order valence-corrected chi connectivity index (χ4v) is 6.62. The summed E-state index contributed by atoms with van der Waals surface area (Å²) in [6.45, 7) is 13.8. The predicted molar refractivity (Wildman–Crippen MR) is 152 cm³/mol. The first-order chi connectivity index (χ1) is 16.3. The van der Waals surface area contributed by atoms with Crippen LogP contribution in [0, 0.1) is 3.70 Å². The molecule has 2 aliphatic rings. The fraction of sp³-hybridized carbons (Fsp3) is 0.739. The molecule has 2 fully saturated rings. The first kappa shape index (κ1) is 27.1. The van der Waals surface area contributed by atoms with Crippen molar-refractivity contribution in [2.75, 3.05) is 11.5 Å². The number of nitrogens with zero attached hydrogens (tertiary/aromatic N) is 5. The van der Waals surface area contributed by atoms with Crippen molar-refractivity contribution in [3.8, 4) is 0 Å². The lowest BCUT2D eigenvalue weighted by atomic mass is 9.97. The maximum absolute atomic E-state index is 12.3. The van der Waals surface area contributed by atoms with Crippen molar-refractivity contribution in [2.45, 2.75) is 103 Å². The average molecular weight is 679 g/mol. The van der Waals surface area contributed by atoms with Gasteiger partial charge < -0.3 is 19.7 Å².